The molecule has 0 aromatic carbocycles. The van der Waals surface area contributed by atoms with E-state index in [2.05, 4.69) is 27.8 Å². The Kier molecular flexibility index (Phi) is 7.63. The summed E-state index contributed by atoms with van der Waals surface area (Å²) in [5.74, 6) is 0.549. The zero-order chi connectivity index (χ0) is 10.1. The van der Waals surface area contributed by atoms with Crippen LogP contribution in [0.15, 0.2) is 22.8 Å². The maximum absolute atomic E-state index is 8.07. The second-order valence-electron chi connectivity index (χ2n) is 2.48. The van der Waals surface area contributed by atoms with Gasteiger partial charge in [0.25, 0.3) is 0 Å². The fourth-order valence-electron chi connectivity index (χ4n) is 0.545. The van der Waals surface area contributed by atoms with Gasteiger partial charge in [-0.25, -0.2) is 4.98 Å². The number of unbranched alkanes of at least 4 members (excludes halogenated alkanes) is 1. The van der Waals surface area contributed by atoms with Crippen LogP contribution in [-0.2, 0) is 0 Å². The van der Waals surface area contributed by atoms with Crippen LogP contribution >= 0.6 is 15.9 Å². The lowest BCUT2D eigenvalue weighted by Gasteiger charge is -1.88. The molecule has 1 heterocycles. The molecule has 1 aromatic rings. The number of aliphatic hydroxyl groups is 1. The minimum Gasteiger partial charge on any atom is -0.396 e. The fraction of sp³-hybridized carbons (Fsp3) is 0.444. The first kappa shape index (κ1) is 12.4. The molecule has 0 amide bonds. The Morgan fingerprint density at radius 2 is 2.23 bits per heavy atom. The van der Waals surface area contributed by atoms with Gasteiger partial charge in [-0.15, -0.1) is 0 Å². The SMILES string of the molecule is CCCCO.Nc1ccc(Br)cn1. The molecule has 0 fully saturated rings. The summed E-state index contributed by atoms with van der Waals surface area (Å²) in [4.78, 5) is 3.81. The van der Waals surface area contributed by atoms with Gasteiger partial charge in [0.2, 0.25) is 0 Å². The Morgan fingerprint density at radius 3 is 2.46 bits per heavy atom. The third-order valence-corrected chi connectivity index (χ3v) is 1.73. The molecule has 0 radical (unpaired) electrons. The number of hydrogen-bond donors (Lipinski definition) is 2. The van der Waals surface area contributed by atoms with Crippen molar-refractivity contribution in [2.45, 2.75) is 19.8 Å². The van der Waals surface area contributed by atoms with Crippen LogP contribution in [0.25, 0.3) is 0 Å². The number of anilines is 1. The molecule has 0 aliphatic rings. The van der Waals surface area contributed by atoms with Crippen molar-refractivity contribution in [1.29, 1.82) is 0 Å². The number of halogens is 1. The van der Waals surface area contributed by atoms with Crippen LogP contribution in [0.2, 0.25) is 0 Å². The van der Waals surface area contributed by atoms with Crippen LogP contribution in [0.1, 0.15) is 19.8 Å². The van der Waals surface area contributed by atoms with Gasteiger partial charge in [0, 0.05) is 17.3 Å². The number of hydrogen-bond acceptors (Lipinski definition) is 3. The zero-order valence-electron chi connectivity index (χ0n) is 7.70. The van der Waals surface area contributed by atoms with E-state index in [1.54, 1.807) is 12.3 Å². The Morgan fingerprint density at radius 1 is 1.54 bits per heavy atom. The van der Waals surface area contributed by atoms with Crippen molar-refractivity contribution in [3.05, 3.63) is 22.8 Å². The molecule has 0 bridgehead atoms. The number of aliphatic hydroxyl groups excluding tert-OH is 1. The topological polar surface area (TPSA) is 59.1 Å². The number of nitrogen functional groups attached to an aromatic ring is 1. The monoisotopic (exact) mass is 246 g/mol. The third-order valence-electron chi connectivity index (χ3n) is 1.26. The van der Waals surface area contributed by atoms with Crippen molar-refractivity contribution in [3.63, 3.8) is 0 Å². The van der Waals surface area contributed by atoms with Crippen molar-refractivity contribution in [3.8, 4) is 0 Å². The van der Waals surface area contributed by atoms with Crippen LogP contribution in [0.3, 0.4) is 0 Å². The van der Waals surface area contributed by atoms with Crippen LogP contribution in [-0.4, -0.2) is 16.7 Å². The smallest absolute Gasteiger partial charge is 0.123 e. The molecule has 3 N–H and O–H groups in total. The average molecular weight is 247 g/mol. The Labute approximate surface area is 87.1 Å². The van der Waals surface area contributed by atoms with E-state index in [-0.39, 0.29) is 0 Å². The predicted molar refractivity (Wildman–Crippen MR) is 58.3 cm³/mol. The van der Waals surface area contributed by atoms with Gasteiger partial charge >= 0.3 is 0 Å². The molecule has 1 rings (SSSR count). The van der Waals surface area contributed by atoms with Crippen LogP contribution in [0.4, 0.5) is 5.82 Å². The van der Waals surface area contributed by atoms with E-state index in [4.69, 9.17) is 10.8 Å². The van der Waals surface area contributed by atoms with E-state index in [1.807, 2.05) is 6.07 Å². The lowest BCUT2D eigenvalue weighted by atomic mass is 10.4. The summed E-state index contributed by atoms with van der Waals surface area (Å²) in [6.07, 6.45) is 3.70. The lowest BCUT2D eigenvalue weighted by molar-refractivity contribution is 0.287. The highest BCUT2D eigenvalue weighted by molar-refractivity contribution is 9.10. The summed E-state index contributed by atoms with van der Waals surface area (Å²) >= 11 is 3.23. The van der Waals surface area contributed by atoms with E-state index in [1.165, 1.54) is 0 Å². The normalized spacial score (nSPS) is 8.85. The molecule has 0 saturated heterocycles. The summed E-state index contributed by atoms with van der Waals surface area (Å²) in [5.41, 5.74) is 5.29. The van der Waals surface area contributed by atoms with Crippen LogP contribution < -0.4 is 5.73 Å². The Balaban J connectivity index is 0.000000252. The van der Waals surface area contributed by atoms with Gasteiger partial charge in [-0.1, -0.05) is 13.3 Å². The maximum Gasteiger partial charge on any atom is 0.123 e. The third kappa shape index (κ3) is 7.74. The van der Waals surface area contributed by atoms with Gasteiger partial charge in [0.15, 0.2) is 0 Å². The Hall–Kier alpha value is -0.610. The van der Waals surface area contributed by atoms with Gasteiger partial charge in [-0.2, -0.15) is 0 Å². The summed E-state index contributed by atoms with van der Waals surface area (Å²) in [6, 6.07) is 3.59. The van der Waals surface area contributed by atoms with Gasteiger partial charge in [0.05, 0.1) is 0 Å². The highest BCUT2D eigenvalue weighted by Gasteiger charge is 1.83. The molecule has 13 heavy (non-hydrogen) atoms. The predicted octanol–water partition coefficient (Wildman–Crippen LogP) is 2.21. The molecule has 0 unspecified atom stereocenters. The zero-order valence-corrected chi connectivity index (χ0v) is 9.29. The molecule has 0 saturated carbocycles. The van der Waals surface area contributed by atoms with Crippen molar-refractivity contribution in [1.82, 2.24) is 4.98 Å². The molecule has 0 atom stereocenters. The molecule has 4 heteroatoms. The van der Waals surface area contributed by atoms with Gasteiger partial charge in [0.1, 0.15) is 5.82 Å². The quantitative estimate of drug-likeness (QED) is 0.842. The largest absolute Gasteiger partial charge is 0.396 e. The van der Waals surface area contributed by atoms with Crippen LogP contribution in [0.5, 0.6) is 0 Å². The number of aromatic nitrogens is 1. The van der Waals surface area contributed by atoms with Crippen molar-refractivity contribution >= 4 is 21.7 Å². The summed E-state index contributed by atoms with van der Waals surface area (Å²) < 4.78 is 0.951. The first-order valence-electron chi connectivity index (χ1n) is 4.18. The summed E-state index contributed by atoms with van der Waals surface area (Å²) in [6.45, 7) is 2.40. The highest BCUT2D eigenvalue weighted by atomic mass is 79.9. The molecule has 3 nitrogen and oxygen atoms in total. The minimum absolute atomic E-state index is 0.344. The van der Waals surface area contributed by atoms with Gasteiger partial charge in [-0.05, 0) is 34.5 Å². The minimum atomic E-state index is 0.344. The highest BCUT2D eigenvalue weighted by Crippen LogP contribution is 2.07. The number of nitrogens with two attached hydrogens (primary N) is 1. The molecule has 74 valence electrons. The second kappa shape index (κ2) is 8.01. The first-order valence-corrected chi connectivity index (χ1v) is 4.98. The van der Waals surface area contributed by atoms with Crippen molar-refractivity contribution in [2.24, 2.45) is 0 Å². The summed E-state index contributed by atoms with van der Waals surface area (Å²) in [7, 11) is 0. The molecular weight excluding hydrogens is 232 g/mol. The van der Waals surface area contributed by atoms with Gasteiger partial charge < -0.3 is 10.8 Å². The molecule has 0 spiro atoms. The van der Waals surface area contributed by atoms with Crippen molar-refractivity contribution < 1.29 is 5.11 Å². The maximum atomic E-state index is 8.07. The number of pyridine rings is 1. The summed E-state index contributed by atoms with van der Waals surface area (Å²) in [5, 5.41) is 8.07. The molecule has 1 aromatic heterocycles. The molecular formula is C9H15BrN2O. The van der Waals surface area contributed by atoms with Gasteiger partial charge in [-0.3, -0.25) is 0 Å². The first-order chi connectivity index (χ1) is 6.20. The van der Waals surface area contributed by atoms with Crippen molar-refractivity contribution in [2.75, 3.05) is 12.3 Å². The number of rotatable bonds is 2. The molecule has 0 aliphatic carbocycles. The van der Waals surface area contributed by atoms with Crippen LogP contribution in [0, 0.1) is 0 Å². The average Bonchev–Trinajstić information content (AvgIpc) is 2.13. The fourth-order valence-corrected chi connectivity index (χ4v) is 0.780. The number of nitrogens with zero attached hydrogens (tertiary/aromatic N) is 1. The lowest BCUT2D eigenvalue weighted by Crippen LogP contribution is -1.86. The second-order valence-corrected chi connectivity index (χ2v) is 3.39. The van der Waals surface area contributed by atoms with E-state index in [0.29, 0.717) is 12.4 Å². The van der Waals surface area contributed by atoms with E-state index in [9.17, 15) is 0 Å². The standard InChI is InChI=1S/C5H5BrN2.C4H10O/c6-4-1-2-5(7)8-3-4;1-2-3-4-5/h1-3H,(H2,7,8);5H,2-4H2,1H3. The van der Waals surface area contributed by atoms with E-state index < -0.39 is 0 Å². The van der Waals surface area contributed by atoms with E-state index >= 15 is 0 Å². The molecule has 0 aliphatic heterocycles. The Bertz CT molecular complexity index is 190. The van der Waals surface area contributed by atoms with E-state index in [0.717, 1.165) is 17.3 Å².